The predicted octanol–water partition coefficient (Wildman–Crippen LogP) is 2.70. The lowest BCUT2D eigenvalue weighted by Gasteiger charge is -2.21. The van der Waals surface area contributed by atoms with Gasteiger partial charge in [-0.2, -0.15) is 0 Å². The monoisotopic (exact) mass is 328 g/mol. The molecule has 1 aromatic carbocycles. The van der Waals surface area contributed by atoms with Crippen molar-refractivity contribution in [3.05, 3.63) is 42.0 Å². The summed E-state index contributed by atoms with van der Waals surface area (Å²) in [7, 11) is 1.53. The van der Waals surface area contributed by atoms with E-state index in [9.17, 15) is 4.79 Å². The van der Waals surface area contributed by atoms with Crippen LogP contribution < -0.4 is 20.1 Å². The van der Waals surface area contributed by atoms with E-state index in [1.807, 2.05) is 0 Å². The average Bonchev–Trinajstić information content (AvgIpc) is 3.32. The Balaban J connectivity index is 1.37. The van der Waals surface area contributed by atoms with Crippen LogP contribution in [0, 0.1) is 0 Å². The number of methoxy groups -OCH3 is 1. The topological polar surface area (TPSA) is 72.7 Å². The fourth-order valence-corrected chi connectivity index (χ4v) is 3.49. The number of rotatable bonds is 5. The fraction of sp³-hybridized carbons (Fsp3) is 0.389. The molecule has 0 radical (unpaired) electrons. The van der Waals surface area contributed by atoms with Gasteiger partial charge in [-0.25, -0.2) is 0 Å². The molecule has 4 rings (SSSR count). The molecule has 2 saturated heterocycles. The summed E-state index contributed by atoms with van der Waals surface area (Å²) in [6.45, 7) is 0. The molecule has 2 aliphatic heterocycles. The largest absolute Gasteiger partial charge is 0.468 e. The second-order valence-electron chi connectivity index (χ2n) is 6.27. The number of amides is 1. The Labute approximate surface area is 140 Å². The zero-order chi connectivity index (χ0) is 16.5. The molecule has 3 atom stereocenters. The molecule has 6 heteroatoms. The highest BCUT2D eigenvalue weighted by Crippen LogP contribution is 2.29. The number of hydrogen-bond donors (Lipinski definition) is 2. The fourth-order valence-electron chi connectivity index (χ4n) is 3.49. The molecule has 1 amide bonds. The lowest BCUT2D eigenvalue weighted by Crippen LogP contribution is -2.42. The summed E-state index contributed by atoms with van der Waals surface area (Å²) < 4.78 is 15.8. The molecule has 2 aliphatic rings. The Morgan fingerprint density at radius 1 is 1.17 bits per heavy atom. The number of nitrogens with one attached hydrogen (secondary N) is 2. The maximum atomic E-state index is 12.4. The molecule has 1 aromatic heterocycles. The molecule has 0 unspecified atom stereocenters. The summed E-state index contributed by atoms with van der Waals surface area (Å²) in [5.41, 5.74) is 0.627. The molecule has 0 saturated carbocycles. The van der Waals surface area contributed by atoms with Gasteiger partial charge in [0, 0.05) is 35.8 Å². The first-order valence-corrected chi connectivity index (χ1v) is 8.20. The van der Waals surface area contributed by atoms with Crippen LogP contribution in [-0.4, -0.2) is 31.1 Å². The SMILES string of the molecule is COc1ccc(Oc2ccc(C(=O)N[C@@H]3C[C@H]4CC[C@@H]3N4)cc2)o1. The predicted molar refractivity (Wildman–Crippen MR) is 87.6 cm³/mol. The smallest absolute Gasteiger partial charge is 0.292 e. The van der Waals surface area contributed by atoms with E-state index in [1.54, 1.807) is 36.4 Å². The van der Waals surface area contributed by atoms with Gasteiger partial charge in [0.2, 0.25) is 0 Å². The van der Waals surface area contributed by atoms with Gasteiger partial charge < -0.3 is 24.5 Å². The van der Waals surface area contributed by atoms with Crippen molar-refractivity contribution < 1.29 is 18.7 Å². The summed E-state index contributed by atoms with van der Waals surface area (Å²) >= 11 is 0. The Morgan fingerprint density at radius 3 is 2.58 bits per heavy atom. The first kappa shape index (κ1) is 15.1. The van der Waals surface area contributed by atoms with Crippen LogP contribution in [0.5, 0.6) is 17.6 Å². The minimum Gasteiger partial charge on any atom is -0.468 e. The van der Waals surface area contributed by atoms with E-state index >= 15 is 0 Å². The molecular formula is C18H20N2O4. The zero-order valence-electron chi connectivity index (χ0n) is 13.5. The maximum absolute atomic E-state index is 12.4. The second kappa shape index (κ2) is 6.20. The standard InChI is InChI=1S/C18H20N2O4/c1-22-16-8-9-17(24-16)23-13-5-2-11(3-6-13)18(21)20-15-10-12-4-7-14(15)19-12/h2-3,5-6,8-9,12,14-15,19H,4,7,10H2,1H3,(H,20,21)/t12-,14+,15-/m1/s1. The zero-order valence-corrected chi connectivity index (χ0v) is 13.5. The third-order valence-corrected chi connectivity index (χ3v) is 4.71. The van der Waals surface area contributed by atoms with Crippen LogP contribution in [0.15, 0.2) is 40.8 Å². The molecule has 2 bridgehead atoms. The molecule has 24 heavy (non-hydrogen) atoms. The van der Waals surface area contributed by atoms with Gasteiger partial charge in [-0.05, 0) is 43.5 Å². The van der Waals surface area contributed by atoms with Crippen molar-refractivity contribution in [1.82, 2.24) is 10.6 Å². The highest BCUT2D eigenvalue weighted by molar-refractivity contribution is 5.94. The molecular weight excluding hydrogens is 308 g/mol. The van der Waals surface area contributed by atoms with E-state index in [1.165, 1.54) is 13.5 Å². The van der Waals surface area contributed by atoms with Crippen molar-refractivity contribution >= 4 is 5.91 Å². The minimum atomic E-state index is -0.0411. The van der Waals surface area contributed by atoms with Crippen molar-refractivity contribution in [2.75, 3.05) is 7.11 Å². The minimum absolute atomic E-state index is 0.0411. The molecule has 0 spiro atoms. The highest BCUT2D eigenvalue weighted by Gasteiger charge is 2.39. The van der Waals surface area contributed by atoms with Crippen molar-refractivity contribution in [3.8, 4) is 17.6 Å². The third-order valence-electron chi connectivity index (χ3n) is 4.71. The number of carbonyl (C=O) groups is 1. The quantitative estimate of drug-likeness (QED) is 0.883. The molecule has 0 aliphatic carbocycles. The number of benzene rings is 1. The Kier molecular flexibility index (Phi) is 3.90. The number of hydrogen-bond acceptors (Lipinski definition) is 5. The summed E-state index contributed by atoms with van der Waals surface area (Å²) in [6.07, 6.45) is 3.40. The van der Waals surface area contributed by atoms with Crippen LogP contribution >= 0.6 is 0 Å². The van der Waals surface area contributed by atoms with Crippen LogP contribution in [-0.2, 0) is 0 Å². The summed E-state index contributed by atoms with van der Waals surface area (Å²) in [6, 6.07) is 11.6. The third kappa shape index (κ3) is 2.97. The van der Waals surface area contributed by atoms with E-state index in [-0.39, 0.29) is 11.9 Å². The summed E-state index contributed by atoms with van der Waals surface area (Å²) in [5, 5.41) is 6.65. The molecule has 3 heterocycles. The van der Waals surface area contributed by atoms with Gasteiger partial charge in [-0.3, -0.25) is 4.79 Å². The number of furan rings is 1. The molecule has 2 N–H and O–H groups in total. The van der Waals surface area contributed by atoms with Crippen LogP contribution in [0.2, 0.25) is 0 Å². The van der Waals surface area contributed by atoms with Crippen molar-refractivity contribution in [2.45, 2.75) is 37.4 Å². The Hall–Kier alpha value is -2.47. The van der Waals surface area contributed by atoms with Gasteiger partial charge in [0.15, 0.2) is 0 Å². The van der Waals surface area contributed by atoms with Gasteiger partial charge in [0.25, 0.3) is 17.8 Å². The number of fused-ring (bicyclic) bond motifs is 2. The van der Waals surface area contributed by atoms with Gasteiger partial charge in [0.1, 0.15) is 5.75 Å². The van der Waals surface area contributed by atoms with E-state index in [2.05, 4.69) is 10.6 Å². The van der Waals surface area contributed by atoms with E-state index in [0.717, 1.165) is 12.8 Å². The van der Waals surface area contributed by atoms with Crippen molar-refractivity contribution in [3.63, 3.8) is 0 Å². The van der Waals surface area contributed by atoms with Crippen molar-refractivity contribution in [1.29, 1.82) is 0 Å². The molecule has 6 nitrogen and oxygen atoms in total. The highest BCUT2D eigenvalue weighted by atomic mass is 16.6. The van der Waals surface area contributed by atoms with E-state index in [4.69, 9.17) is 13.9 Å². The average molecular weight is 328 g/mol. The van der Waals surface area contributed by atoms with Gasteiger partial charge in [0.05, 0.1) is 7.11 Å². The van der Waals surface area contributed by atoms with Crippen LogP contribution in [0.4, 0.5) is 0 Å². The van der Waals surface area contributed by atoms with E-state index < -0.39 is 0 Å². The van der Waals surface area contributed by atoms with Gasteiger partial charge in [-0.15, -0.1) is 0 Å². The Bertz CT molecular complexity index is 725. The molecule has 126 valence electrons. The summed E-state index contributed by atoms with van der Waals surface area (Å²) in [4.78, 5) is 12.4. The van der Waals surface area contributed by atoms with Crippen LogP contribution in [0.1, 0.15) is 29.6 Å². The lowest BCUT2D eigenvalue weighted by molar-refractivity contribution is 0.0931. The lowest BCUT2D eigenvalue weighted by atomic mass is 9.95. The van der Waals surface area contributed by atoms with Crippen molar-refractivity contribution in [2.24, 2.45) is 0 Å². The molecule has 2 fully saturated rings. The first-order chi connectivity index (χ1) is 11.7. The maximum Gasteiger partial charge on any atom is 0.292 e. The van der Waals surface area contributed by atoms with Crippen LogP contribution in [0.25, 0.3) is 0 Å². The normalized spacial score (nSPS) is 24.8. The summed E-state index contributed by atoms with van der Waals surface area (Å²) in [5.74, 6) is 1.29. The Morgan fingerprint density at radius 2 is 1.96 bits per heavy atom. The second-order valence-corrected chi connectivity index (χ2v) is 6.27. The first-order valence-electron chi connectivity index (χ1n) is 8.20. The van der Waals surface area contributed by atoms with E-state index in [0.29, 0.717) is 35.3 Å². The number of carbonyl (C=O) groups excluding carboxylic acids is 1. The molecule has 2 aromatic rings. The number of ether oxygens (including phenoxy) is 2. The van der Waals surface area contributed by atoms with Gasteiger partial charge >= 0.3 is 0 Å². The van der Waals surface area contributed by atoms with Crippen LogP contribution in [0.3, 0.4) is 0 Å². The van der Waals surface area contributed by atoms with Gasteiger partial charge in [-0.1, -0.05) is 0 Å².